The van der Waals surface area contributed by atoms with Crippen LogP contribution in [0.15, 0.2) is 11.8 Å². The molecule has 0 bridgehead atoms. The molecular weight excluding hydrogens is 168 g/mol. The molecule has 0 spiro atoms. The van der Waals surface area contributed by atoms with E-state index in [2.05, 4.69) is 4.74 Å². The number of hydrogen-bond acceptors (Lipinski definition) is 3. The molecule has 0 unspecified atom stereocenters. The van der Waals surface area contributed by atoms with Crippen LogP contribution in [0.1, 0.15) is 6.92 Å². The molecule has 4 heteroatoms. The monoisotopic (exact) mass is 178 g/mol. The van der Waals surface area contributed by atoms with Crippen molar-refractivity contribution in [2.75, 3.05) is 19.6 Å². The van der Waals surface area contributed by atoms with Crippen molar-refractivity contribution in [3.8, 4) is 0 Å². The normalized spacial score (nSPS) is 11.0. The maximum Gasteiger partial charge on any atom is 0.333 e. The molecule has 3 nitrogen and oxygen atoms in total. The van der Waals surface area contributed by atoms with Crippen molar-refractivity contribution in [1.82, 2.24) is 0 Å². The Balaban J connectivity index is 3.99. The van der Waals surface area contributed by atoms with Crippen LogP contribution in [0, 0.1) is 0 Å². The minimum atomic E-state index is -0.450. The minimum absolute atomic E-state index is 0.183. The molecule has 0 heterocycles. The third kappa shape index (κ3) is 4.67. The lowest BCUT2D eigenvalue weighted by Crippen LogP contribution is -2.01. The molecule has 0 N–H and O–H groups in total. The number of allylic oxidation sites excluding steroid dienone is 1. The Morgan fingerprint density at radius 3 is 2.64 bits per heavy atom. The van der Waals surface area contributed by atoms with Crippen LogP contribution in [0.2, 0.25) is 0 Å². The van der Waals surface area contributed by atoms with Gasteiger partial charge in [-0.25, -0.2) is 4.79 Å². The molecule has 64 valence electrons. The zero-order chi connectivity index (χ0) is 8.69. The van der Waals surface area contributed by atoms with Crippen LogP contribution in [0.4, 0.5) is 0 Å². The first-order valence-electron chi connectivity index (χ1n) is 3.21. The van der Waals surface area contributed by atoms with Crippen molar-refractivity contribution < 1.29 is 14.3 Å². The van der Waals surface area contributed by atoms with Crippen molar-refractivity contribution in [2.24, 2.45) is 0 Å². The molecule has 0 aliphatic carbocycles. The molecule has 0 aliphatic heterocycles. The van der Waals surface area contributed by atoms with E-state index in [-0.39, 0.29) is 5.88 Å². The lowest BCUT2D eigenvalue weighted by Gasteiger charge is -2.02. The summed E-state index contributed by atoms with van der Waals surface area (Å²) >= 11 is 5.45. The third-order valence-corrected chi connectivity index (χ3v) is 1.20. The van der Waals surface area contributed by atoms with E-state index in [4.69, 9.17) is 16.3 Å². The molecule has 0 aromatic rings. The zero-order valence-electron chi connectivity index (χ0n) is 6.59. The Morgan fingerprint density at radius 2 is 2.27 bits per heavy atom. The van der Waals surface area contributed by atoms with Crippen LogP contribution >= 0.6 is 11.6 Å². The highest BCUT2D eigenvalue weighted by Crippen LogP contribution is 2.00. The average Bonchev–Trinajstić information content (AvgIpc) is 2.03. The standard InChI is InChI=1S/C7H11ClO3/c1-3-11-6(5-8)4-7(9)10-2/h4H,3,5H2,1-2H3/b6-4-. The summed E-state index contributed by atoms with van der Waals surface area (Å²) in [5.41, 5.74) is 0. The zero-order valence-corrected chi connectivity index (χ0v) is 7.35. The molecule has 0 aromatic heterocycles. The molecule has 0 aliphatic rings. The molecule has 0 rings (SSSR count). The molecule has 0 fully saturated rings. The second-order valence-electron chi connectivity index (χ2n) is 1.70. The minimum Gasteiger partial charge on any atom is -0.497 e. The van der Waals surface area contributed by atoms with Gasteiger partial charge >= 0.3 is 5.97 Å². The van der Waals surface area contributed by atoms with E-state index < -0.39 is 5.97 Å². The van der Waals surface area contributed by atoms with Crippen LogP contribution in [-0.2, 0) is 14.3 Å². The molecule has 11 heavy (non-hydrogen) atoms. The van der Waals surface area contributed by atoms with Gasteiger partial charge in [0.25, 0.3) is 0 Å². The van der Waals surface area contributed by atoms with Gasteiger partial charge in [0.1, 0.15) is 5.76 Å². The highest BCUT2D eigenvalue weighted by Gasteiger charge is 1.99. The van der Waals surface area contributed by atoms with Gasteiger partial charge in [0.2, 0.25) is 0 Å². The van der Waals surface area contributed by atoms with Crippen molar-refractivity contribution in [2.45, 2.75) is 6.92 Å². The molecular formula is C7H11ClO3. The molecule has 0 radical (unpaired) electrons. The summed E-state index contributed by atoms with van der Waals surface area (Å²) in [6.07, 6.45) is 1.23. The van der Waals surface area contributed by atoms with E-state index in [0.717, 1.165) is 0 Å². The maximum absolute atomic E-state index is 10.6. The Morgan fingerprint density at radius 1 is 1.64 bits per heavy atom. The lowest BCUT2D eigenvalue weighted by atomic mass is 10.5. The van der Waals surface area contributed by atoms with Crippen molar-refractivity contribution >= 4 is 17.6 Å². The molecule has 0 aromatic carbocycles. The van der Waals surface area contributed by atoms with Crippen LogP contribution < -0.4 is 0 Å². The van der Waals surface area contributed by atoms with Gasteiger partial charge in [0.05, 0.1) is 25.7 Å². The van der Waals surface area contributed by atoms with Gasteiger partial charge in [0.15, 0.2) is 0 Å². The summed E-state index contributed by atoms with van der Waals surface area (Å²) in [5.74, 6) is 0.165. The number of carbonyl (C=O) groups is 1. The van der Waals surface area contributed by atoms with E-state index in [1.165, 1.54) is 13.2 Å². The number of alkyl halides is 1. The van der Waals surface area contributed by atoms with Crippen LogP contribution in [-0.4, -0.2) is 25.6 Å². The van der Waals surface area contributed by atoms with Crippen molar-refractivity contribution in [3.05, 3.63) is 11.8 Å². The van der Waals surface area contributed by atoms with Crippen LogP contribution in [0.5, 0.6) is 0 Å². The number of methoxy groups -OCH3 is 1. The van der Waals surface area contributed by atoms with Crippen molar-refractivity contribution in [3.63, 3.8) is 0 Å². The summed E-state index contributed by atoms with van der Waals surface area (Å²) in [6, 6.07) is 0. The number of hydrogen-bond donors (Lipinski definition) is 0. The van der Waals surface area contributed by atoms with Gasteiger partial charge in [-0.05, 0) is 6.92 Å². The molecule has 0 amide bonds. The van der Waals surface area contributed by atoms with E-state index in [1.54, 1.807) is 0 Å². The van der Waals surface area contributed by atoms with E-state index >= 15 is 0 Å². The van der Waals surface area contributed by atoms with Gasteiger partial charge < -0.3 is 9.47 Å². The number of carbonyl (C=O) groups excluding carboxylic acids is 1. The third-order valence-electron chi connectivity index (χ3n) is 0.941. The van der Waals surface area contributed by atoms with E-state index in [0.29, 0.717) is 12.4 Å². The van der Waals surface area contributed by atoms with E-state index in [1.807, 2.05) is 6.92 Å². The first kappa shape index (κ1) is 10.3. The molecule has 0 saturated heterocycles. The topological polar surface area (TPSA) is 35.5 Å². The predicted octanol–water partition coefficient (Wildman–Crippen LogP) is 1.32. The fourth-order valence-corrected chi connectivity index (χ4v) is 0.649. The average molecular weight is 179 g/mol. The van der Waals surface area contributed by atoms with Crippen LogP contribution in [0.25, 0.3) is 0 Å². The first-order chi connectivity index (χ1) is 5.24. The Labute approximate surface area is 70.9 Å². The SMILES string of the molecule is CCO/C(=C\C(=O)OC)CCl. The number of esters is 1. The summed E-state index contributed by atoms with van der Waals surface area (Å²) in [5, 5.41) is 0. The molecule has 0 atom stereocenters. The lowest BCUT2D eigenvalue weighted by molar-refractivity contribution is -0.135. The highest BCUT2D eigenvalue weighted by molar-refractivity contribution is 6.19. The number of rotatable bonds is 4. The maximum atomic E-state index is 10.6. The summed E-state index contributed by atoms with van der Waals surface area (Å²) < 4.78 is 9.37. The van der Waals surface area contributed by atoms with Crippen LogP contribution in [0.3, 0.4) is 0 Å². The fourth-order valence-electron chi connectivity index (χ4n) is 0.495. The van der Waals surface area contributed by atoms with Gasteiger partial charge in [-0.2, -0.15) is 0 Å². The predicted molar refractivity (Wildman–Crippen MR) is 42.4 cm³/mol. The Hall–Kier alpha value is -0.700. The van der Waals surface area contributed by atoms with Gasteiger partial charge in [0, 0.05) is 0 Å². The fraction of sp³-hybridized carbons (Fsp3) is 0.571. The van der Waals surface area contributed by atoms with Gasteiger partial charge in [-0.15, -0.1) is 11.6 Å². The first-order valence-corrected chi connectivity index (χ1v) is 3.75. The largest absolute Gasteiger partial charge is 0.497 e. The van der Waals surface area contributed by atoms with Crippen molar-refractivity contribution in [1.29, 1.82) is 0 Å². The number of halogens is 1. The molecule has 0 saturated carbocycles. The number of ether oxygens (including phenoxy) is 2. The Kier molecular flexibility index (Phi) is 5.65. The van der Waals surface area contributed by atoms with Gasteiger partial charge in [-0.1, -0.05) is 0 Å². The quantitative estimate of drug-likeness (QED) is 0.282. The summed E-state index contributed by atoms with van der Waals surface area (Å²) in [6.45, 7) is 2.31. The second kappa shape index (κ2) is 6.04. The Bertz CT molecular complexity index is 154. The second-order valence-corrected chi connectivity index (χ2v) is 1.97. The smallest absolute Gasteiger partial charge is 0.333 e. The van der Waals surface area contributed by atoms with Gasteiger partial charge in [-0.3, -0.25) is 0 Å². The highest BCUT2D eigenvalue weighted by atomic mass is 35.5. The van der Waals surface area contributed by atoms with E-state index in [9.17, 15) is 4.79 Å². The summed E-state index contributed by atoms with van der Waals surface area (Å²) in [4.78, 5) is 10.6. The summed E-state index contributed by atoms with van der Waals surface area (Å²) in [7, 11) is 1.30.